The highest BCUT2D eigenvalue weighted by molar-refractivity contribution is 6.30. The second kappa shape index (κ2) is 7.03. The molecule has 0 aromatic heterocycles. The predicted octanol–water partition coefficient (Wildman–Crippen LogP) is 5.51. The third-order valence-electron chi connectivity index (χ3n) is 5.32. The molecule has 2 heterocycles. The molecule has 2 aliphatic heterocycles. The van der Waals surface area contributed by atoms with Gasteiger partial charge in [-0.05, 0) is 67.4 Å². The summed E-state index contributed by atoms with van der Waals surface area (Å²) in [5.74, 6) is 0.153. The molecule has 2 aromatic rings. The van der Waals surface area contributed by atoms with Crippen LogP contribution in [0.15, 0.2) is 59.7 Å². The van der Waals surface area contributed by atoms with Gasteiger partial charge in [-0.25, -0.2) is 0 Å². The van der Waals surface area contributed by atoms with Crippen molar-refractivity contribution in [3.8, 4) is 0 Å². The zero-order valence-corrected chi connectivity index (χ0v) is 16.0. The van der Waals surface area contributed by atoms with Crippen molar-refractivity contribution in [2.75, 3.05) is 7.05 Å². The van der Waals surface area contributed by atoms with E-state index < -0.39 is 0 Å². The van der Waals surface area contributed by atoms with Crippen LogP contribution < -0.4 is 0 Å². The zero-order valence-electron chi connectivity index (χ0n) is 14.5. The number of hydrogen-bond donors (Lipinski definition) is 0. The van der Waals surface area contributed by atoms with Crippen molar-refractivity contribution in [2.45, 2.75) is 24.9 Å². The molecule has 2 atom stereocenters. The van der Waals surface area contributed by atoms with Crippen molar-refractivity contribution in [3.63, 3.8) is 0 Å². The first-order chi connectivity index (χ1) is 12.5. The maximum absolute atomic E-state index is 13.3. The third kappa shape index (κ3) is 3.25. The first kappa shape index (κ1) is 17.5. The SMILES string of the molecule is CN1[C@@H]2CC[C@H]1/C(=C\c1ccc(Cl)cc1)C(=O)/C2=C/c1ccc(Cl)cc1. The molecular weight excluding hydrogens is 365 g/mol. The Bertz CT molecular complexity index is 823. The molecule has 0 aliphatic carbocycles. The molecule has 2 aliphatic rings. The lowest BCUT2D eigenvalue weighted by Crippen LogP contribution is -2.43. The van der Waals surface area contributed by atoms with E-state index in [-0.39, 0.29) is 17.9 Å². The fourth-order valence-corrected chi connectivity index (χ4v) is 4.21. The molecule has 0 spiro atoms. The van der Waals surface area contributed by atoms with Crippen LogP contribution in [0, 0.1) is 0 Å². The summed E-state index contributed by atoms with van der Waals surface area (Å²) >= 11 is 12.0. The summed E-state index contributed by atoms with van der Waals surface area (Å²) in [6.45, 7) is 0. The summed E-state index contributed by atoms with van der Waals surface area (Å²) in [5.41, 5.74) is 3.73. The Morgan fingerprint density at radius 1 is 0.808 bits per heavy atom. The number of hydrogen-bond acceptors (Lipinski definition) is 2. The molecule has 0 saturated carbocycles. The Hall–Kier alpha value is -1.87. The Morgan fingerprint density at radius 2 is 1.19 bits per heavy atom. The van der Waals surface area contributed by atoms with Gasteiger partial charge in [0.15, 0.2) is 5.78 Å². The van der Waals surface area contributed by atoms with Gasteiger partial charge in [0, 0.05) is 33.3 Å². The van der Waals surface area contributed by atoms with Crippen molar-refractivity contribution in [2.24, 2.45) is 0 Å². The number of rotatable bonds is 2. The number of likely N-dealkylation sites (N-methyl/N-ethyl adjacent to an activating group) is 1. The molecule has 4 rings (SSSR count). The van der Waals surface area contributed by atoms with E-state index in [0.717, 1.165) is 35.1 Å². The van der Waals surface area contributed by atoms with Crippen LogP contribution in [0.4, 0.5) is 0 Å². The lowest BCUT2D eigenvalue weighted by Gasteiger charge is -2.34. The minimum atomic E-state index is 0.153. The summed E-state index contributed by atoms with van der Waals surface area (Å²) in [5, 5.41) is 1.40. The van der Waals surface area contributed by atoms with Crippen molar-refractivity contribution < 1.29 is 4.79 Å². The molecule has 0 unspecified atom stereocenters. The average Bonchev–Trinajstić information content (AvgIpc) is 2.94. The van der Waals surface area contributed by atoms with Crippen molar-refractivity contribution >= 4 is 41.1 Å². The summed E-state index contributed by atoms with van der Waals surface area (Å²) in [4.78, 5) is 15.6. The van der Waals surface area contributed by atoms with Gasteiger partial charge in [0.1, 0.15) is 0 Å². The summed E-state index contributed by atoms with van der Waals surface area (Å²) < 4.78 is 0. The minimum absolute atomic E-state index is 0.153. The van der Waals surface area contributed by atoms with Crippen molar-refractivity contribution in [1.29, 1.82) is 0 Å². The van der Waals surface area contributed by atoms with E-state index in [9.17, 15) is 4.79 Å². The van der Waals surface area contributed by atoms with Crippen LogP contribution in [0.25, 0.3) is 12.2 Å². The van der Waals surface area contributed by atoms with Gasteiger partial charge >= 0.3 is 0 Å². The van der Waals surface area contributed by atoms with E-state index in [1.807, 2.05) is 60.7 Å². The number of piperidine rings is 1. The highest BCUT2D eigenvalue weighted by atomic mass is 35.5. The third-order valence-corrected chi connectivity index (χ3v) is 5.83. The predicted molar refractivity (Wildman–Crippen MR) is 108 cm³/mol. The number of benzene rings is 2. The summed E-state index contributed by atoms with van der Waals surface area (Å²) in [6.07, 6.45) is 6.03. The zero-order chi connectivity index (χ0) is 18.3. The van der Waals surface area contributed by atoms with Crippen LogP contribution >= 0.6 is 23.2 Å². The van der Waals surface area contributed by atoms with Gasteiger partial charge in [0.25, 0.3) is 0 Å². The summed E-state index contributed by atoms with van der Waals surface area (Å²) in [7, 11) is 2.11. The quantitative estimate of drug-likeness (QED) is 0.637. The van der Waals surface area contributed by atoms with Gasteiger partial charge in [0.05, 0.1) is 0 Å². The molecule has 2 saturated heterocycles. The van der Waals surface area contributed by atoms with E-state index >= 15 is 0 Å². The number of halogens is 2. The Kier molecular flexibility index (Phi) is 4.74. The molecule has 2 nitrogen and oxygen atoms in total. The molecule has 2 aromatic carbocycles. The van der Waals surface area contributed by atoms with E-state index in [2.05, 4.69) is 11.9 Å². The fourth-order valence-electron chi connectivity index (χ4n) is 3.96. The Balaban J connectivity index is 1.75. The average molecular weight is 384 g/mol. The van der Waals surface area contributed by atoms with E-state index in [4.69, 9.17) is 23.2 Å². The van der Waals surface area contributed by atoms with Crippen molar-refractivity contribution in [3.05, 3.63) is 80.8 Å². The molecular formula is C22H19Cl2NO. The maximum atomic E-state index is 13.3. The number of carbonyl (C=O) groups excluding carboxylic acids is 1. The number of Topliss-reactive ketones (excluding diaryl/α,β-unsaturated/α-hetero) is 1. The fraction of sp³-hybridized carbons (Fsp3) is 0.227. The molecule has 0 radical (unpaired) electrons. The first-order valence-corrected chi connectivity index (χ1v) is 9.49. The highest BCUT2D eigenvalue weighted by Gasteiger charge is 2.44. The second-order valence-electron chi connectivity index (χ2n) is 6.91. The van der Waals surface area contributed by atoms with Crippen LogP contribution in [0.3, 0.4) is 0 Å². The first-order valence-electron chi connectivity index (χ1n) is 8.74. The molecule has 0 N–H and O–H groups in total. The molecule has 0 amide bonds. The Labute approximate surface area is 163 Å². The van der Waals surface area contributed by atoms with Crippen LogP contribution in [-0.4, -0.2) is 29.8 Å². The van der Waals surface area contributed by atoms with E-state index in [1.165, 1.54) is 0 Å². The number of carbonyl (C=O) groups is 1. The molecule has 4 heteroatoms. The molecule has 2 bridgehead atoms. The van der Waals surface area contributed by atoms with Gasteiger partial charge in [0.2, 0.25) is 0 Å². The molecule has 26 heavy (non-hydrogen) atoms. The minimum Gasteiger partial charge on any atom is -0.292 e. The highest BCUT2D eigenvalue weighted by Crippen LogP contribution is 2.40. The molecule has 2 fully saturated rings. The monoisotopic (exact) mass is 383 g/mol. The van der Waals surface area contributed by atoms with Gasteiger partial charge < -0.3 is 0 Å². The van der Waals surface area contributed by atoms with E-state index in [0.29, 0.717) is 10.0 Å². The van der Waals surface area contributed by atoms with E-state index in [1.54, 1.807) is 0 Å². The molecule has 132 valence electrons. The number of fused-ring (bicyclic) bond motifs is 2. The summed E-state index contributed by atoms with van der Waals surface area (Å²) in [6, 6.07) is 15.6. The van der Waals surface area contributed by atoms with Gasteiger partial charge in [-0.15, -0.1) is 0 Å². The maximum Gasteiger partial charge on any atom is 0.188 e. The van der Waals surface area contributed by atoms with Gasteiger partial charge in [-0.1, -0.05) is 47.5 Å². The van der Waals surface area contributed by atoms with Crippen molar-refractivity contribution in [1.82, 2.24) is 4.90 Å². The lowest BCUT2D eigenvalue weighted by atomic mass is 9.88. The number of ketones is 1. The van der Waals surface area contributed by atoms with Crippen LogP contribution in [0.2, 0.25) is 10.0 Å². The van der Waals surface area contributed by atoms with Crippen LogP contribution in [0.1, 0.15) is 24.0 Å². The van der Waals surface area contributed by atoms with Gasteiger partial charge in [-0.2, -0.15) is 0 Å². The topological polar surface area (TPSA) is 20.3 Å². The van der Waals surface area contributed by atoms with Gasteiger partial charge in [-0.3, -0.25) is 9.69 Å². The smallest absolute Gasteiger partial charge is 0.188 e. The number of nitrogens with zero attached hydrogens (tertiary/aromatic N) is 1. The largest absolute Gasteiger partial charge is 0.292 e. The standard InChI is InChI=1S/C22H19Cl2NO/c1-25-20-10-11-21(25)19(13-15-4-8-17(24)9-5-15)22(26)18(20)12-14-2-6-16(23)7-3-14/h2-9,12-13,20-21H,10-11H2,1H3/b18-12+,19-13+/t20-,21+. The second-order valence-corrected chi connectivity index (χ2v) is 7.78. The lowest BCUT2D eigenvalue weighted by molar-refractivity contribution is -0.114. The normalized spacial score (nSPS) is 26.0. The Morgan fingerprint density at radius 3 is 1.58 bits per heavy atom. The van der Waals surface area contributed by atoms with Crippen LogP contribution in [0.5, 0.6) is 0 Å². The van der Waals surface area contributed by atoms with Crippen LogP contribution in [-0.2, 0) is 4.79 Å².